The summed E-state index contributed by atoms with van der Waals surface area (Å²) in [7, 11) is -1.56. The lowest BCUT2D eigenvalue weighted by Crippen LogP contribution is -3.00. The Morgan fingerprint density at radius 3 is 2.21 bits per heavy atom. The fraction of sp³-hybridized carbons (Fsp3) is 0.235. The summed E-state index contributed by atoms with van der Waals surface area (Å²) in [4.78, 5) is 16.0. The molecule has 1 aliphatic carbocycles. The third-order valence-electron chi connectivity index (χ3n) is 7.85. The molecule has 1 heterocycles. The largest absolute Gasteiger partial charge is 1.00 e. The number of carbonyl (C=O) groups excluding carboxylic acids is 1. The zero-order valence-electron chi connectivity index (χ0n) is 25.0. The van der Waals surface area contributed by atoms with Crippen molar-refractivity contribution < 1.29 is 31.7 Å². The van der Waals surface area contributed by atoms with E-state index in [9.17, 15) is 14.8 Å². The highest BCUT2D eigenvalue weighted by Crippen LogP contribution is 2.42. The predicted octanol–water partition coefficient (Wildman–Crippen LogP) is 1.80. The molecule has 0 aromatic heterocycles. The van der Waals surface area contributed by atoms with E-state index in [4.69, 9.17) is 4.42 Å². The van der Waals surface area contributed by atoms with Crippen LogP contribution in [0.1, 0.15) is 38.1 Å². The van der Waals surface area contributed by atoms with Gasteiger partial charge in [-0.3, -0.25) is 4.79 Å². The van der Waals surface area contributed by atoms with Crippen LogP contribution >= 0.6 is 0 Å². The van der Waals surface area contributed by atoms with Crippen LogP contribution in [0.4, 0.5) is 11.4 Å². The lowest BCUT2D eigenvalue weighted by atomic mass is 9.80. The highest BCUT2D eigenvalue weighted by Gasteiger charge is 2.23. The number of amides is 1. The molecule has 0 bridgehead atoms. The van der Waals surface area contributed by atoms with Gasteiger partial charge in [0.05, 0.1) is 6.07 Å². The van der Waals surface area contributed by atoms with E-state index in [2.05, 4.69) is 78.9 Å². The number of anilines is 2. The van der Waals surface area contributed by atoms with Crippen molar-refractivity contribution in [3.05, 3.63) is 95.8 Å². The van der Waals surface area contributed by atoms with Crippen LogP contribution in [0.2, 0.25) is 0 Å². The van der Waals surface area contributed by atoms with Gasteiger partial charge >= 0.3 is 7.12 Å². The Hall–Kier alpha value is -4.11. The van der Waals surface area contributed by atoms with Crippen LogP contribution in [-0.2, 0) is 0 Å². The molecule has 2 aliphatic rings. The quantitative estimate of drug-likeness (QED) is 0.137. The Balaban J connectivity index is 0.00000423. The molecule has 3 aromatic rings. The topological polar surface area (TPSA) is 89.0 Å². The van der Waals surface area contributed by atoms with E-state index in [1.165, 1.54) is 0 Å². The molecule has 1 aliphatic heterocycles. The predicted molar refractivity (Wildman–Crippen MR) is 172 cm³/mol. The Bertz CT molecular complexity index is 1760. The number of benzene rings is 4. The maximum atomic E-state index is 13.7. The van der Waals surface area contributed by atoms with Gasteiger partial charge in [-0.15, -0.1) is 0 Å². The van der Waals surface area contributed by atoms with E-state index in [0.29, 0.717) is 16.7 Å². The van der Waals surface area contributed by atoms with Crippen LogP contribution in [0, 0.1) is 0 Å². The second kappa shape index (κ2) is 13.9. The summed E-state index contributed by atoms with van der Waals surface area (Å²) >= 11 is 0. The number of hydrogen-bond acceptors (Lipinski definition) is 5. The smallest absolute Gasteiger partial charge is 0.488 e. The molecule has 1 amide bonds. The molecule has 222 valence electrons. The molecule has 0 saturated heterocycles. The van der Waals surface area contributed by atoms with Crippen molar-refractivity contribution in [2.24, 2.45) is 0 Å². The van der Waals surface area contributed by atoms with Gasteiger partial charge in [0.2, 0.25) is 5.36 Å². The molecule has 0 atom stereocenters. The minimum absolute atomic E-state index is 0. The van der Waals surface area contributed by atoms with Crippen molar-refractivity contribution in [1.29, 1.82) is 0 Å². The van der Waals surface area contributed by atoms with E-state index < -0.39 is 7.12 Å². The maximum absolute atomic E-state index is 13.7. The first-order valence-electron chi connectivity index (χ1n) is 14.6. The first kappa shape index (κ1) is 31.8. The number of nitrogens with one attached hydrogen (secondary N) is 1. The number of rotatable bonds is 9. The van der Waals surface area contributed by atoms with Crippen molar-refractivity contribution in [1.82, 2.24) is 4.58 Å². The van der Waals surface area contributed by atoms with E-state index in [-0.39, 0.29) is 18.3 Å². The first-order chi connectivity index (χ1) is 20.4. The van der Waals surface area contributed by atoms with Crippen molar-refractivity contribution in [2.75, 3.05) is 36.4 Å². The van der Waals surface area contributed by atoms with Gasteiger partial charge in [0.15, 0.2) is 0 Å². The number of carbonyl (C=O) groups is 1. The average molecular weight is 598 g/mol. The summed E-state index contributed by atoms with van der Waals surface area (Å²) < 4.78 is 8.89. The molecule has 3 aromatic carbocycles. The number of hydrogen-bond donors (Lipinski definition) is 3. The highest BCUT2D eigenvalue weighted by molar-refractivity contribution is 6.58. The van der Waals surface area contributed by atoms with Gasteiger partial charge in [-0.05, 0) is 75.1 Å². The summed E-state index contributed by atoms with van der Waals surface area (Å²) in [6.45, 7) is 12.1. The summed E-state index contributed by atoms with van der Waals surface area (Å²) in [6, 6.07) is 26.7. The number of fused-ring (bicyclic) bond motifs is 2. The molecule has 43 heavy (non-hydrogen) atoms. The summed E-state index contributed by atoms with van der Waals surface area (Å²) in [5.74, 6) is 0.497. The molecule has 0 fully saturated rings. The van der Waals surface area contributed by atoms with Gasteiger partial charge in [-0.1, -0.05) is 30.3 Å². The minimum Gasteiger partial charge on any atom is -1.00 e. The van der Waals surface area contributed by atoms with Crippen LogP contribution in [0.5, 0.6) is 0 Å². The summed E-state index contributed by atoms with van der Waals surface area (Å²) in [6.07, 6.45) is 0. The molecule has 0 spiro atoms. The fourth-order valence-electron chi connectivity index (χ4n) is 5.56. The summed E-state index contributed by atoms with van der Waals surface area (Å²) in [5.41, 5.74) is 5.95. The molecular weight excluding hydrogens is 561 g/mol. The van der Waals surface area contributed by atoms with Gasteiger partial charge in [0, 0.05) is 58.7 Å². The maximum Gasteiger partial charge on any atom is 0.488 e. The Morgan fingerprint density at radius 1 is 0.860 bits per heavy atom. The summed E-state index contributed by atoms with van der Waals surface area (Å²) in [5, 5.41) is 23.8. The molecule has 3 N–H and O–H groups in total. The Kier molecular flexibility index (Phi) is 10.3. The minimum atomic E-state index is -1.56. The fourth-order valence-corrected chi connectivity index (χ4v) is 5.56. The standard InChI is InChI=1S/C34H36BN3O4.ClH/c1-5-37(6-2)25-17-19-29-31(21-25)42-32-22-26(38(7-3)8-4)18-20-30(32)33(29)27-11-9-10-12-28(27)34(39)36-24-15-13-23(14-16-24)35(40)41;/h9-22,40-41H,5-8H2,1-4H3;1H. The molecule has 0 unspecified atom stereocenters. The van der Waals surface area contributed by atoms with Gasteiger partial charge in [-0.25, -0.2) is 4.58 Å². The van der Waals surface area contributed by atoms with Crippen LogP contribution in [0.25, 0.3) is 33.4 Å². The van der Waals surface area contributed by atoms with Gasteiger partial charge in [0.25, 0.3) is 5.91 Å². The first-order valence-corrected chi connectivity index (χ1v) is 14.6. The van der Waals surface area contributed by atoms with Crippen LogP contribution in [0.15, 0.2) is 89.3 Å². The monoisotopic (exact) mass is 597 g/mol. The van der Waals surface area contributed by atoms with Crippen LogP contribution in [-0.4, -0.2) is 49.3 Å². The van der Waals surface area contributed by atoms with Gasteiger partial charge in [0.1, 0.15) is 24.4 Å². The number of halogens is 1. The average Bonchev–Trinajstić information content (AvgIpc) is 3.01. The number of nitrogens with zero attached hydrogens (tertiary/aromatic N) is 2. The van der Waals surface area contributed by atoms with Crippen molar-refractivity contribution >= 4 is 40.8 Å². The zero-order valence-corrected chi connectivity index (χ0v) is 25.7. The second-order valence-electron chi connectivity index (χ2n) is 10.2. The third kappa shape index (κ3) is 6.47. The third-order valence-corrected chi connectivity index (χ3v) is 7.85. The Morgan fingerprint density at radius 2 is 1.56 bits per heavy atom. The van der Waals surface area contributed by atoms with Crippen molar-refractivity contribution in [2.45, 2.75) is 27.7 Å². The van der Waals surface area contributed by atoms with E-state index in [1.807, 2.05) is 24.3 Å². The Labute approximate surface area is 259 Å². The van der Waals surface area contributed by atoms with Gasteiger partial charge < -0.3 is 37.1 Å². The molecule has 0 radical (unpaired) electrons. The van der Waals surface area contributed by atoms with Crippen molar-refractivity contribution in [3.63, 3.8) is 0 Å². The van der Waals surface area contributed by atoms with E-state index in [0.717, 1.165) is 70.6 Å². The van der Waals surface area contributed by atoms with E-state index >= 15 is 0 Å². The molecular formula is C34H37BClN3O4. The SMILES string of the molecule is CCN(CC)c1ccc2c(-c3ccccc3C(=O)Nc3ccc(B(O)O)cc3)c3ccc(=[N+](CC)CC)cc-3oc2c1.[Cl-]. The van der Waals surface area contributed by atoms with Crippen LogP contribution < -0.4 is 38.0 Å². The lowest BCUT2D eigenvalue weighted by molar-refractivity contribution is -0.0000191. The van der Waals surface area contributed by atoms with Crippen molar-refractivity contribution in [3.8, 4) is 22.5 Å². The molecule has 7 nitrogen and oxygen atoms in total. The van der Waals surface area contributed by atoms with Gasteiger partial charge in [-0.2, -0.15) is 0 Å². The van der Waals surface area contributed by atoms with E-state index in [1.54, 1.807) is 24.3 Å². The molecule has 0 saturated carbocycles. The lowest BCUT2D eigenvalue weighted by Gasteiger charge is -2.22. The molecule has 9 heteroatoms. The zero-order chi connectivity index (χ0) is 29.8. The van der Waals surface area contributed by atoms with Crippen LogP contribution in [0.3, 0.4) is 0 Å². The normalized spacial score (nSPS) is 10.8. The highest BCUT2D eigenvalue weighted by atomic mass is 35.5. The second-order valence-corrected chi connectivity index (χ2v) is 10.2. The molecule has 5 rings (SSSR count).